The summed E-state index contributed by atoms with van der Waals surface area (Å²) in [4.78, 5) is 13.9. The Morgan fingerprint density at radius 1 is 1.24 bits per heavy atom. The number of hydrogen-bond acceptors (Lipinski definition) is 4. The third kappa shape index (κ3) is 7.68. The molecule has 0 atom stereocenters. The van der Waals surface area contributed by atoms with Gasteiger partial charge in [-0.15, -0.1) is 0 Å². The number of anilines is 1. The van der Waals surface area contributed by atoms with E-state index >= 15 is 0 Å². The van der Waals surface area contributed by atoms with E-state index in [0.717, 1.165) is 19.5 Å². The second-order valence-corrected chi connectivity index (χ2v) is 4.79. The van der Waals surface area contributed by atoms with Crippen molar-refractivity contribution in [2.75, 3.05) is 51.3 Å². The zero-order valence-electron chi connectivity index (χ0n) is 13.1. The summed E-state index contributed by atoms with van der Waals surface area (Å²) in [7, 11) is 1.65. The molecule has 21 heavy (non-hydrogen) atoms. The number of methoxy groups -OCH3 is 1. The first kappa shape index (κ1) is 17.5. The van der Waals surface area contributed by atoms with Gasteiger partial charge in [-0.25, -0.2) is 0 Å². The highest BCUT2D eigenvalue weighted by atomic mass is 16.5. The van der Waals surface area contributed by atoms with Gasteiger partial charge in [0.1, 0.15) is 0 Å². The van der Waals surface area contributed by atoms with Crippen molar-refractivity contribution < 1.29 is 9.53 Å². The van der Waals surface area contributed by atoms with Gasteiger partial charge in [0.15, 0.2) is 0 Å². The normalized spacial score (nSPS) is 10.4. The van der Waals surface area contributed by atoms with Crippen molar-refractivity contribution in [3.8, 4) is 0 Å². The molecule has 2 N–H and O–H groups in total. The van der Waals surface area contributed by atoms with E-state index in [4.69, 9.17) is 4.74 Å². The summed E-state index contributed by atoms with van der Waals surface area (Å²) in [5.74, 6) is 0.0360. The van der Waals surface area contributed by atoms with Gasteiger partial charge in [0.05, 0.1) is 13.2 Å². The summed E-state index contributed by atoms with van der Waals surface area (Å²) < 4.78 is 4.90. The van der Waals surface area contributed by atoms with Crippen LogP contribution in [-0.4, -0.2) is 52.3 Å². The minimum atomic E-state index is 0.0360. The van der Waals surface area contributed by atoms with Gasteiger partial charge in [0.2, 0.25) is 5.91 Å². The Morgan fingerprint density at radius 3 is 2.67 bits per heavy atom. The molecule has 1 aromatic carbocycles. The number of carbonyl (C=O) groups excluding carboxylic acids is 1. The third-order valence-electron chi connectivity index (χ3n) is 3.20. The molecule has 0 heterocycles. The van der Waals surface area contributed by atoms with Gasteiger partial charge in [-0.2, -0.15) is 0 Å². The zero-order valence-corrected chi connectivity index (χ0v) is 13.1. The predicted octanol–water partition coefficient (Wildman–Crippen LogP) is 1.26. The maximum absolute atomic E-state index is 11.6. The van der Waals surface area contributed by atoms with E-state index in [-0.39, 0.29) is 5.91 Å². The Kier molecular flexibility index (Phi) is 9.24. The minimum absolute atomic E-state index is 0.0360. The van der Waals surface area contributed by atoms with E-state index in [9.17, 15) is 4.79 Å². The maximum Gasteiger partial charge on any atom is 0.233 e. The Hall–Kier alpha value is -1.59. The van der Waals surface area contributed by atoms with E-state index in [1.165, 1.54) is 5.69 Å². The molecule has 5 heteroatoms. The average molecular weight is 293 g/mol. The van der Waals surface area contributed by atoms with E-state index in [1.54, 1.807) is 7.11 Å². The molecule has 5 nitrogen and oxygen atoms in total. The summed E-state index contributed by atoms with van der Waals surface area (Å²) >= 11 is 0. The van der Waals surface area contributed by atoms with Crippen LogP contribution in [0, 0.1) is 0 Å². The number of para-hydroxylation sites is 1. The monoisotopic (exact) mass is 293 g/mol. The molecule has 0 aromatic heterocycles. The molecule has 1 amide bonds. The van der Waals surface area contributed by atoms with Crippen LogP contribution in [0.2, 0.25) is 0 Å². The Morgan fingerprint density at radius 2 is 2.00 bits per heavy atom. The Labute approximate surface area is 127 Å². The number of ether oxygens (including phenoxy) is 1. The molecular weight excluding hydrogens is 266 g/mol. The molecule has 0 saturated carbocycles. The highest BCUT2D eigenvalue weighted by Crippen LogP contribution is 2.12. The van der Waals surface area contributed by atoms with Gasteiger partial charge >= 0.3 is 0 Å². The highest BCUT2D eigenvalue weighted by molar-refractivity contribution is 5.77. The lowest BCUT2D eigenvalue weighted by molar-refractivity contribution is -0.120. The Bertz CT molecular complexity index is 384. The molecule has 0 aliphatic carbocycles. The first-order valence-corrected chi connectivity index (χ1v) is 7.54. The quantitative estimate of drug-likeness (QED) is 0.603. The molecule has 1 rings (SSSR count). The Balaban J connectivity index is 2.13. The number of carbonyl (C=O) groups is 1. The van der Waals surface area contributed by atoms with Crippen molar-refractivity contribution in [1.29, 1.82) is 0 Å². The van der Waals surface area contributed by atoms with Gasteiger partial charge in [-0.05, 0) is 25.5 Å². The van der Waals surface area contributed by atoms with Crippen LogP contribution < -0.4 is 15.5 Å². The molecule has 1 aromatic rings. The SMILES string of the molecule is CCN(CCCNC(=O)CNCCOC)c1ccccc1. The smallest absolute Gasteiger partial charge is 0.233 e. The summed E-state index contributed by atoms with van der Waals surface area (Å²) in [6, 6.07) is 10.3. The first-order valence-electron chi connectivity index (χ1n) is 7.54. The number of nitrogens with zero attached hydrogens (tertiary/aromatic N) is 1. The molecule has 0 saturated heterocycles. The fourth-order valence-corrected chi connectivity index (χ4v) is 2.04. The van der Waals surface area contributed by atoms with Gasteiger partial charge in [-0.1, -0.05) is 18.2 Å². The van der Waals surface area contributed by atoms with Gasteiger partial charge in [0, 0.05) is 39.0 Å². The number of nitrogens with one attached hydrogen (secondary N) is 2. The zero-order chi connectivity index (χ0) is 15.3. The van der Waals surface area contributed by atoms with Crippen LogP contribution in [0.5, 0.6) is 0 Å². The molecule has 0 fully saturated rings. The number of rotatable bonds is 11. The van der Waals surface area contributed by atoms with Crippen molar-refractivity contribution in [2.45, 2.75) is 13.3 Å². The van der Waals surface area contributed by atoms with Crippen LogP contribution in [0.25, 0.3) is 0 Å². The van der Waals surface area contributed by atoms with Crippen molar-refractivity contribution in [2.24, 2.45) is 0 Å². The lowest BCUT2D eigenvalue weighted by Crippen LogP contribution is -2.36. The van der Waals surface area contributed by atoms with Crippen LogP contribution in [0.3, 0.4) is 0 Å². The molecule has 118 valence electrons. The highest BCUT2D eigenvalue weighted by Gasteiger charge is 2.04. The van der Waals surface area contributed by atoms with E-state index < -0.39 is 0 Å². The van der Waals surface area contributed by atoms with E-state index in [0.29, 0.717) is 26.2 Å². The van der Waals surface area contributed by atoms with Crippen molar-refractivity contribution in [3.05, 3.63) is 30.3 Å². The van der Waals surface area contributed by atoms with Crippen molar-refractivity contribution in [1.82, 2.24) is 10.6 Å². The number of benzene rings is 1. The summed E-state index contributed by atoms with van der Waals surface area (Å²) in [6.07, 6.45) is 0.937. The minimum Gasteiger partial charge on any atom is -0.383 e. The molecule has 0 radical (unpaired) electrons. The molecular formula is C16H27N3O2. The van der Waals surface area contributed by atoms with E-state index in [2.05, 4.69) is 34.6 Å². The predicted molar refractivity (Wildman–Crippen MR) is 86.7 cm³/mol. The summed E-state index contributed by atoms with van der Waals surface area (Å²) in [6.45, 7) is 6.42. The van der Waals surface area contributed by atoms with Crippen LogP contribution in [0.1, 0.15) is 13.3 Å². The largest absolute Gasteiger partial charge is 0.383 e. The average Bonchev–Trinajstić information content (AvgIpc) is 2.52. The van der Waals surface area contributed by atoms with Gasteiger partial charge < -0.3 is 20.3 Å². The lowest BCUT2D eigenvalue weighted by Gasteiger charge is -2.23. The van der Waals surface area contributed by atoms with Crippen LogP contribution in [0.15, 0.2) is 30.3 Å². The topological polar surface area (TPSA) is 53.6 Å². The first-order chi connectivity index (χ1) is 10.3. The molecule has 0 spiro atoms. The van der Waals surface area contributed by atoms with Crippen LogP contribution in [0.4, 0.5) is 5.69 Å². The van der Waals surface area contributed by atoms with Gasteiger partial charge in [-0.3, -0.25) is 4.79 Å². The molecule has 0 unspecified atom stereocenters. The summed E-state index contributed by atoms with van der Waals surface area (Å²) in [5.41, 5.74) is 1.23. The number of hydrogen-bond donors (Lipinski definition) is 2. The second kappa shape index (κ2) is 11.1. The van der Waals surface area contributed by atoms with Crippen LogP contribution >= 0.6 is 0 Å². The van der Waals surface area contributed by atoms with Crippen LogP contribution in [-0.2, 0) is 9.53 Å². The fraction of sp³-hybridized carbons (Fsp3) is 0.562. The third-order valence-corrected chi connectivity index (χ3v) is 3.20. The number of amides is 1. The molecule has 0 bridgehead atoms. The standard InChI is InChI=1S/C16H27N3O2/c1-3-19(15-8-5-4-6-9-15)12-7-10-18-16(20)14-17-11-13-21-2/h4-6,8-9,17H,3,7,10-14H2,1-2H3,(H,18,20). The van der Waals surface area contributed by atoms with Gasteiger partial charge in [0.25, 0.3) is 0 Å². The second-order valence-electron chi connectivity index (χ2n) is 4.79. The summed E-state index contributed by atoms with van der Waals surface area (Å²) in [5, 5.41) is 5.95. The van der Waals surface area contributed by atoms with E-state index in [1.807, 2.05) is 18.2 Å². The maximum atomic E-state index is 11.6. The van der Waals surface area contributed by atoms with Crippen molar-refractivity contribution in [3.63, 3.8) is 0 Å². The molecule has 0 aliphatic rings. The fourth-order valence-electron chi connectivity index (χ4n) is 2.04. The lowest BCUT2D eigenvalue weighted by atomic mass is 10.2. The molecule has 0 aliphatic heterocycles. The van der Waals surface area contributed by atoms with Crippen molar-refractivity contribution >= 4 is 11.6 Å².